The summed E-state index contributed by atoms with van der Waals surface area (Å²) in [6, 6.07) is 5.18. The molecule has 0 atom stereocenters. The van der Waals surface area contributed by atoms with Crippen LogP contribution in [0.4, 0.5) is 10.5 Å². The standard InChI is InChI=1S/C12H17NO4/c1-4-16-10-7-6-9(13-12(14)15-3)8-11(10)17-5-2/h6-8H,4-5H2,1-3H3,(H,13,14). The molecule has 0 fully saturated rings. The topological polar surface area (TPSA) is 56.8 Å². The smallest absolute Gasteiger partial charge is 0.411 e. The Kier molecular flexibility index (Phi) is 5.13. The second-order valence-corrected chi connectivity index (χ2v) is 3.14. The number of amides is 1. The van der Waals surface area contributed by atoms with Crippen molar-refractivity contribution in [2.45, 2.75) is 13.8 Å². The molecular formula is C12H17NO4. The van der Waals surface area contributed by atoms with Crippen LogP contribution in [0.2, 0.25) is 0 Å². The van der Waals surface area contributed by atoms with Gasteiger partial charge in [0.15, 0.2) is 11.5 Å². The van der Waals surface area contributed by atoms with Gasteiger partial charge in [-0.05, 0) is 26.0 Å². The Morgan fingerprint density at radius 1 is 1.18 bits per heavy atom. The highest BCUT2D eigenvalue weighted by atomic mass is 16.5. The van der Waals surface area contributed by atoms with E-state index in [0.29, 0.717) is 30.4 Å². The second kappa shape index (κ2) is 6.62. The van der Waals surface area contributed by atoms with Crippen LogP contribution in [0.1, 0.15) is 13.8 Å². The molecule has 1 rings (SSSR count). The number of nitrogens with one attached hydrogen (secondary N) is 1. The van der Waals surface area contributed by atoms with Crippen molar-refractivity contribution in [2.24, 2.45) is 0 Å². The van der Waals surface area contributed by atoms with E-state index in [1.807, 2.05) is 13.8 Å². The molecule has 0 spiro atoms. The first-order valence-corrected chi connectivity index (χ1v) is 5.45. The van der Waals surface area contributed by atoms with Gasteiger partial charge in [0.05, 0.1) is 20.3 Å². The molecule has 0 saturated carbocycles. The van der Waals surface area contributed by atoms with Crippen molar-refractivity contribution < 1.29 is 19.0 Å². The summed E-state index contributed by atoms with van der Waals surface area (Å²) in [4.78, 5) is 11.1. The molecule has 1 aromatic carbocycles. The first-order chi connectivity index (χ1) is 8.21. The van der Waals surface area contributed by atoms with Gasteiger partial charge in [-0.15, -0.1) is 0 Å². The number of methoxy groups -OCH3 is 1. The van der Waals surface area contributed by atoms with Gasteiger partial charge in [-0.25, -0.2) is 4.79 Å². The fourth-order valence-corrected chi connectivity index (χ4v) is 1.30. The molecule has 0 saturated heterocycles. The third-order valence-corrected chi connectivity index (χ3v) is 1.98. The van der Waals surface area contributed by atoms with E-state index in [1.54, 1.807) is 18.2 Å². The molecule has 0 aromatic heterocycles. The first-order valence-electron chi connectivity index (χ1n) is 5.45. The fraction of sp³-hybridized carbons (Fsp3) is 0.417. The molecule has 0 heterocycles. The van der Waals surface area contributed by atoms with Crippen LogP contribution in [-0.2, 0) is 4.74 Å². The molecule has 0 aliphatic heterocycles. The van der Waals surface area contributed by atoms with Gasteiger partial charge in [-0.2, -0.15) is 0 Å². The van der Waals surface area contributed by atoms with E-state index in [2.05, 4.69) is 10.1 Å². The lowest BCUT2D eigenvalue weighted by atomic mass is 10.2. The van der Waals surface area contributed by atoms with Gasteiger partial charge in [0.25, 0.3) is 0 Å². The Morgan fingerprint density at radius 3 is 2.41 bits per heavy atom. The van der Waals surface area contributed by atoms with Crippen LogP contribution < -0.4 is 14.8 Å². The second-order valence-electron chi connectivity index (χ2n) is 3.14. The summed E-state index contributed by atoms with van der Waals surface area (Å²) in [6.07, 6.45) is -0.517. The third kappa shape index (κ3) is 3.86. The minimum atomic E-state index is -0.517. The van der Waals surface area contributed by atoms with Gasteiger partial charge < -0.3 is 14.2 Å². The summed E-state index contributed by atoms with van der Waals surface area (Å²) in [7, 11) is 1.31. The summed E-state index contributed by atoms with van der Waals surface area (Å²) < 4.78 is 15.3. The molecule has 1 N–H and O–H groups in total. The van der Waals surface area contributed by atoms with Crippen LogP contribution in [0.15, 0.2) is 18.2 Å². The lowest BCUT2D eigenvalue weighted by Gasteiger charge is -2.12. The predicted molar refractivity (Wildman–Crippen MR) is 64.8 cm³/mol. The Hall–Kier alpha value is -1.91. The Morgan fingerprint density at radius 2 is 1.82 bits per heavy atom. The van der Waals surface area contributed by atoms with E-state index in [-0.39, 0.29) is 0 Å². The predicted octanol–water partition coefficient (Wildman–Crippen LogP) is 2.66. The van der Waals surface area contributed by atoms with E-state index in [9.17, 15) is 4.79 Å². The van der Waals surface area contributed by atoms with Crippen molar-refractivity contribution in [1.29, 1.82) is 0 Å². The Bertz CT molecular complexity index is 379. The number of anilines is 1. The number of rotatable bonds is 5. The van der Waals surface area contributed by atoms with Crippen LogP contribution in [0.5, 0.6) is 11.5 Å². The molecular weight excluding hydrogens is 222 g/mol. The van der Waals surface area contributed by atoms with Gasteiger partial charge in [-0.3, -0.25) is 5.32 Å². The molecule has 0 unspecified atom stereocenters. The Balaban J connectivity index is 2.88. The zero-order valence-electron chi connectivity index (χ0n) is 10.3. The highest BCUT2D eigenvalue weighted by molar-refractivity contribution is 5.85. The van der Waals surface area contributed by atoms with Gasteiger partial charge in [0.2, 0.25) is 0 Å². The molecule has 0 aliphatic carbocycles. The maximum Gasteiger partial charge on any atom is 0.411 e. The lowest BCUT2D eigenvalue weighted by molar-refractivity contribution is 0.187. The van der Waals surface area contributed by atoms with Crippen molar-refractivity contribution in [2.75, 3.05) is 25.6 Å². The molecule has 17 heavy (non-hydrogen) atoms. The summed E-state index contributed by atoms with van der Waals surface area (Å²) in [6.45, 7) is 4.87. The number of benzene rings is 1. The van der Waals surface area contributed by atoms with Gasteiger partial charge in [0, 0.05) is 11.8 Å². The van der Waals surface area contributed by atoms with E-state index in [4.69, 9.17) is 9.47 Å². The Labute approximate surface area is 101 Å². The van der Waals surface area contributed by atoms with E-state index < -0.39 is 6.09 Å². The lowest BCUT2D eigenvalue weighted by Crippen LogP contribution is -2.11. The van der Waals surface area contributed by atoms with Gasteiger partial charge in [-0.1, -0.05) is 0 Å². The van der Waals surface area contributed by atoms with Crippen LogP contribution in [-0.4, -0.2) is 26.4 Å². The molecule has 5 heteroatoms. The summed E-state index contributed by atoms with van der Waals surface area (Å²) in [5, 5.41) is 2.56. The maximum absolute atomic E-state index is 11.1. The van der Waals surface area contributed by atoms with Gasteiger partial charge in [0.1, 0.15) is 0 Å². The zero-order chi connectivity index (χ0) is 12.7. The number of hydrogen-bond donors (Lipinski definition) is 1. The molecule has 1 aromatic rings. The number of carbonyl (C=O) groups is 1. The highest BCUT2D eigenvalue weighted by Gasteiger charge is 2.08. The summed E-state index contributed by atoms with van der Waals surface area (Å²) in [5.74, 6) is 1.26. The molecule has 94 valence electrons. The highest BCUT2D eigenvalue weighted by Crippen LogP contribution is 2.30. The van der Waals surface area contributed by atoms with E-state index >= 15 is 0 Å². The normalized spacial score (nSPS) is 9.59. The average Bonchev–Trinajstić information content (AvgIpc) is 2.33. The third-order valence-electron chi connectivity index (χ3n) is 1.98. The van der Waals surface area contributed by atoms with Gasteiger partial charge >= 0.3 is 6.09 Å². The van der Waals surface area contributed by atoms with Crippen molar-refractivity contribution >= 4 is 11.8 Å². The van der Waals surface area contributed by atoms with Crippen molar-refractivity contribution in [1.82, 2.24) is 0 Å². The number of hydrogen-bond acceptors (Lipinski definition) is 4. The van der Waals surface area contributed by atoms with Crippen LogP contribution >= 0.6 is 0 Å². The summed E-state index contributed by atoms with van der Waals surface area (Å²) >= 11 is 0. The molecule has 0 aliphatic rings. The molecule has 1 amide bonds. The van der Waals surface area contributed by atoms with Crippen molar-refractivity contribution in [3.63, 3.8) is 0 Å². The van der Waals surface area contributed by atoms with Crippen molar-refractivity contribution in [3.8, 4) is 11.5 Å². The summed E-state index contributed by atoms with van der Waals surface area (Å²) in [5.41, 5.74) is 0.601. The van der Waals surface area contributed by atoms with E-state index in [0.717, 1.165) is 0 Å². The number of ether oxygens (including phenoxy) is 3. The molecule has 0 radical (unpaired) electrons. The van der Waals surface area contributed by atoms with Crippen molar-refractivity contribution in [3.05, 3.63) is 18.2 Å². The molecule has 5 nitrogen and oxygen atoms in total. The van der Waals surface area contributed by atoms with Crippen LogP contribution in [0.25, 0.3) is 0 Å². The minimum absolute atomic E-state index is 0.517. The van der Waals surface area contributed by atoms with Crippen LogP contribution in [0, 0.1) is 0 Å². The first kappa shape index (κ1) is 13.2. The maximum atomic E-state index is 11.1. The SMILES string of the molecule is CCOc1ccc(NC(=O)OC)cc1OCC. The largest absolute Gasteiger partial charge is 0.490 e. The average molecular weight is 239 g/mol. The zero-order valence-corrected chi connectivity index (χ0v) is 10.3. The van der Waals surface area contributed by atoms with E-state index in [1.165, 1.54) is 7.11 Å². The number of carbonyl (C=O) groups excluding carboxylic acids is 1. The van der Waals surface area contributed by atoms with Crippen LogP contribution in [0.3, 0.4) is 0 Å². The molecule has 0 bridgehead atoms. The fourth-order valence-electron chi connectivity index (χ4n) is 1.30. The monoisotopic (exact) mass is 239 g/mol. The minimum Gasteiger partial charge on any atom is -0.490 e. The quantitative estimate of drug-likeness (QED) is 0.858.